The average molecular weight is 342 g/mol. The number of likely N-dealkylation sites (N-methyl/N-ethyl adjacent to an activating group) is 1. The fourth-order valence-electron chi connectivity index (χ4n) is 2.26. The van der Waals surface area contributed by atoms with Crippen molar-refractivity contribution in [1.82, 2.24) is 10.0 Å². The third kappa shape index (κ3) is 4.92. The molecule has 1 aliphatic heterocycles. The number of amides is 1. The van der Waals surface area contributed by atoms with Crippen molar-refractivity contribution in [3.05, 3.63) is 23.8 Å². The summed E-state index contributed by atoms with van der Waals surface area (Å²) >= 11 is 0. The molecule has 2 N–H and O–H groups in total. The van der Waals surface area contributed by atoms with Crippen molar-refractivity contribution in [3.8, 4) is 5.75 Å². The quantitative estimate of drug-likeness (QED) is 0.756. The lowest BCUT2D eigenvalue weighted by Crippen LogP contribution is -2.31. The summed E-state index contributed by atoms with van der Waals surface area (Å²) in [5.74, 6) is 0.228. The SMILES string of the molecule is CNC(=O)COc1ccc(S(=O)(=O)NC[C@H]2CCCO2)cc1C. The number of rotatable bonds is 7. The topological polar surface area (TPSA) is 93.7 Å². The van der Waals surface area contributed by atoms with E-state index in [2.05, 4.69) is 10.0 Å². The third-order valence-electron chi connectivity index (χ3n) is 3.62. The minimum atomic E-state index is -3.59. The minimum Gasteiger partial charge on any atom is -0.484 e. The maximum atomic E-state index is 12.3. The van der Waals surface area contributed by atoms with Crippen molar-refractivity contribution in [2.24, 2.45) is 0 Å². The van der Waals surface area contributed by atoms with Crippen LogP contribution in [0.25, 0.3) is 0 Å². The van der Waals surface area contributed by atoms with Crippen LogP contribution >= 0.6 is 0 Å². The second-order valence-electron chi connectivity index (χ2n) is 5.38. The number of benzene rings is 1. The first-order valence-electron chi connectivity index (χ1n) is 7.47. The summed E-state index contributed by atoms with van der Waals surface area (Å²) in [6.07, 6.45) is 1.78. The number of hydrogen-bond donors (Lipinski definition) is 2. The van der Waals surface area contributed by atoms with Gasteiger partial charge in [0, 0.05) is 20.2 Å². The molecule has 0 aromatic heterocycles. The molecule has 0 saturated carbocycles. The van der Waals surface area contributed by atoms with E-state index in [-0.39, 0.29) is 30.1 Å². The zero-order valence-corrected chi connectivity index (χ0v) is 14.1. The second kappa shape index (κ2) is 7.76. The second-order valence-corrected chi connectivity index (χ2v) is 7.14. The van der Waals surface area contributed by atoms with Gasteiger partial charge in [0.2, 0.25) is 10.0 Å². The van der Waals surface area contributed by atoms with E-state index < -0.39 is 10.0 Å². The highest BCUT2D eigenvalue weighted by molar-refractivity contribution is 7.89. The summed E-state index contributed by atoms with van der Waals surface area (Å²) in [6.45, 7) is 2.58. The van der Waals surface area contributed by atoms with E-state index in [1.807, 2.05) is 0 Å². The summed E-state index contributed by atoms with van der Waals surface area (Å²) < 4.78 is 37.9. The van der Waals surface area contributed by atoms with E-state index in [9.17, 15) is 13.2 Å². The molecule has 1 atom stereocenters. The first kappa shape index (κ1) is 17.7. The predicted molar refractivity (Wildman–Crippen MR) is 84.9 cm³/mol. The molecule has 7 nitrogen and oxygen atoms in total. The van der Waals surface area contributed by atoms with Crippen molar-refractivity contribution in [3.63, 3.8) is 0 Å². The molecule has 0 aliphatic carbocycles. The largest absolute Gasteiger partial charge is 0.484 e. The van der Waals surface area contributed by atoms with Gasteiger partial charge in [-0.3, -0.25) is 4.79 Å². The molecule has 0 bridgehead atoms. The van der Waals surface area contributed by atoms with Gasteiger partial charge in [-0.05, 0) is 43.5 Å². The van der Waals surface area contributed by atoms with Crippen LogP contribution in [0.4, 0.5) is 0 Å². The molecule has 1 heterocycles. The molecule has 1 fully saturated rings. The van der Waals surface area contributed by atoms with Crippen molar-refractivity contribution in [1.29, 1.82) is 0 Å². The van der Waals surface area contributed by atoms with Gasteiger partial charge in [0.05, 0.1) is 11.0 Å². The Morgan fingerprint density at radius 2 is 2.22 bits per heavy atom. The maximum absolute atomic E-state index is 12.3. The molecule has 2 rings (SSSR count). The van der Waals surface area contributed by atoms with Crippen LogP contribution < -0.4 is 14.8 Å². The van der Waals surface area contributed by atoms with Gasteiger partial charge in [-0.1, -0.05) is 0 Å². The zero-order valence-electron chi connectivity index (χ0n) is 13.3. The van der Waals surface area contributed by atoms with E-state index in [0.29, 0.717) is 17.9 Å². The Kier molecular flexibility index (Phi) is 5.97. The number of aryl methyl sites for hydroxylation is 1. The highest BCUT2D eigenvalue weighted by Gasteiger charge is 2.20. The molecule has 1 aliphatic rings. The van der Waals surface area contributed by atoms with E-state index in [0.717, 1.165) is 12.8 Å². The molecule has 1 saturated heterocycles. The normalized spacial score (nSPS) is 17.9. The molecule has 23 heavy (non-hydrogen) atoms. The van der Waals surface area contributed by atoms with Crippen LogP contribution in [0.2, 0.25) is 0 Å². The van der Waals surface area contributed by atoms with Gasteiger partial charge in [-0.2, -0.15) is 0 Å². The van der Waals surface area contributed by atoms with Crippen LogP contribution in [0, 0.1) is 6.92 Å². The van der Waals surface area contributed by atoms with Crippen LogP contribution in [0.5, 0.6) is 5.75 Å². The van der Waals surface area contributed by atoms with Crippen LogP contribution in [0.1, 0.15) is 18.4 Å². The monoisotopic (exact) mass is 342 g/mol. The summed E-state index contributed by atoms with van der Waals surface area (Å²) in [5.41, 5.74) is 0.647. The number of nitrogens with one attached hydrogen (secondary N) is 2. The number of carbonyl (C=O) groups is 1. The van der Waals surface area contributed by atoms with Crippen molar-refractivity contribution in [2.75, 3.05) is 26.8 Å². The van der Waals surface area contributed by atoms with Crippen molar-refractivity contribution < 1.29 is 22.7 Å². The smallest absolute Gasteiger partial charge is 0.257 e. The minimum absolute atomic E-state index is 0.0546. The van der Waals surface area contributed by atoms with Gasteiger partial charge < -0.3 is 14.8 Å². The Hall–Kier alpha value is -1.64. The zero-order chi connectivity index (χ0) is 16.9. The Balaban J connectivity index is 2.01. The molecule has 128 valence electrons. The van der Waals surface area contributed by atoms with E-state index in [1.54, 1.807) is 13.0 Å². The molecule has 0 unspecified atom stereocenters. The fourth-order valence-corrected chi connectivity index (χ4v) is 3.41. The van der Waals surface area contributed by atoms with Gasteiger partial charge in [0.1, 0.15) is 5.75 Å². The molecule has 1 aromatic carbocycles. The predicted octanol–water partition coefficient (Wildman–Crippen LogP) is 0.577. The van der Waals surface area contributed by atoms with Crippen molar-refractivity contribution >= 4 is 15.9 Å². The number of sulfonamides is 1. The molecule has 0 spiro atoms. The van der Waals surface area contributed by atoms with Gasteiger partial charge in [-0.25, -0.2) is 13.1 Å². The maximum Gasteiger partial charge on any atom is 0.257 e. The van der Waals surface area contributed by atoms with Gasteiger partial charge in [0.25, 0.3) is 5.91 Å². The van der Waals surface area contributed by atoms with Crippen LogP contribution in [0.3, 0.4) is 0 Å². The summed E-state index contributed by atoms with van der Waals surface area (Å²) in [6, 6.07) is 4.54. The molecular weight excluding hydrogens is 320 g/mol. The van der Waals surface area contributed by atoms with Crippen LogP contribution in [-0.2, 0) is 19.6 Å². The van der Waals surface area contributed by atoms with Crippen LogP contribution in [0.15, 0.2) is 23.1 Å². The molecule has 1 aromatic rings. The Morgan fingerprint density at radius 3 is 2.83 bits per heavy atom. The number of hydrogen-bond acceptors (Lipinski definition) is 5. The van der Waals surface area contributed by atoms with E-state index in [4.69, 9.17) is 9.47 Å². The molecule has 8 heteroatoms. The Bertz CT molecular complexity index is 654. The lowest BCUT2D eigenvalue weighted by atomic mass is 10.2. The van der Waals surface area contributed by atoms with Gasteiger partial charge in [-0.15, -0.1) is 0 Å². The standard InChI is InChI=1S/C15H22N2O5S/c1-11-8-13(5-6-14(11)22-10-15(18)16-2)23(19,20)17-9-12-4-3-7-21-12/h5-6,8,12,17H,3-4,7,9-10H2,1-2H3,(H,16,18)/t12-/m1/s1. The number of carbonyl (C=O) groups excluding carboxylic acids is 1. The summed E-state index contributed by atoms with van der Waals surface area (Å²) in [4.78, 5) is 11.3. The third-order valence-corrected chi connectivity index (χ3v) is 5.04. The Morgan fingerprint density at radius 1 is 1.43 bits per heavy atom. The fraction of sp³-hybridized carbons (Fsp3) is 0.533. The number of ether oxygens (including phenoxy) is 2. The van der Waals surface area contributed by atoms with Crippen molar-refractivity contribution in [2.45, 2.75) is 30.8 Å². The Labute approximate surface area is 136 Å². The highest BCUT2D eigenvalue weighted by Crippen LogP contribution is 2.22. The molecule has 0 radical (unpaired) electrons. The first-order valence-corrected chi connectivity index (χ1v) is 8.96. The first-order chi connectivity index (χ1) is 10.9. The average Bonchev–Trinajstić information content (AvgIpc) is 3.05. The van der Waals surface area contributed by atoms with Gasteiger partial charge in [0.15, 0.2) is 6.61 Å². The van der Waals surface area contributed by atoms with E-state index >= 15 is 0 Å². The summed E-state index contributed by atoms with van der Waals surface area (Å²) in [5, 5.41) is 2.45. The highest BCUT2D eigenvalue weighted by atomic mass is 32.2. The summed E-state index contributed by atoms with van der Waals surface area (Å²) in [7, 11) is -2.07. The lowest BCUT2D eigenvalue weighted by Gasteiger charge is -2.13. The molecular formula is C15H22N2O5S. The van der Waals surface area contributed by atoms with Gasteiger partial charge >= 0.3 is 0 Å². The molecule has 1 amide bonds. The lowest BCUT2D eigenvalue weighted by molar-refractivity contribution is -0.122. The van der Waals surface area contributed by atoms with Crippen LogP contribution in [-0.4, -0.2) is 47.2 Å². The van der Waals surface area contributed by atoms with E-state index in [1.165, 1.54) is 19.2 Å².